The molecule has 4 rings (SSSR count). The number of nitrogens with zero attached hydrogens (tertiary/aromatic N) is 2. The molecule has 5 heteroatoms. The number of halogens is 1. The molecule has 2 aliphatic rings. The molecule has 1 aliphatic carbocycles. The van der Waals surface area contributed by atoms with Gasteiger partial charge in [-0.05, 0) is 42.7 Å². The van der Waals surface area contributed by atoms with E-state index < -0.39 is 0 Å². The maximum Gasteiger partial charge on any atom is 0.238 e. The number of aromatic nitrogens is 2. The standard InChI is InChI=1S/C16H16ClN3O/c17-10-5-6-13-12(9-10)15(16(21)19-13)14-7-8-18-20(14)11-3-1-2-4-11/h5-9,11,15H,1-4H2,(H,19,21). The van der Waals surface area contributed by atoms with Gasteiger partial charge >= 0.3 is 0 Å². The normalized spacial score (nSPS) is 21.6. The zero-order chi connectivity index (χ0) is 14.4. The lowest BCUT2D eigenvalue weighted by molar-refractivity contribution is -0.116. The number of hydrogen-bond acceptors (Lipinski definition) is 2. The van der Waals surface area contributed by atoms with Crippen molar-refractivity contribution >= 4 is 23.2 Å². The van der Waals surface area contributed by atoms with Crippen LogP contribution in [0.4, 0.5) is 5.69 Å². The van der Waals surface area contributed by atoms with Gasteiger partial charge < -0.3 is 5.32 Å². The number of fused-ring (bicyclic) bond motifs is 1. The predicted molar refractivity (Wildman–Crippen MR) is 81.7 cm³/mol. The Labute approximate surface area is 128 Å². The summed E-state index contributed by atoms with van der Waals surface area (Å²) in [6, 6.07) is 7.93. The number of hydrogen-bond donors (Lipinski definition) is 1. The van der Waals surface area contributed by atoms with E-state index in [-0.39, 0.29) is 11.8 Å². The topological polar surface area (TPSA) is 46.9 Å². The lowest BCUT2D eigenvalue weighted by Gasteiger charge is -2.17. The second kappa shape index (κ2) is 4.88. The van der Waals surface area contributed by atoms with Gasteiger partial charge in [0.05, 0.1) is 11.7 Å². The lowest BCUT2D eigenvalue weighted by atomic mass is 9.96. The SMILES string of the molecule is O=C1Nc2ccc(Cl)cc2C1c1ccnn1C1CCCC1. The first-order chi connectivity index (χ1) is 10.2. The minimum Gasteiger partial charge on any atom is -0.325 e. The molecule has 4 nitrogen and oxygen atoms in total. The molecule has 21 heavy (non-hydrogen) atoms. The molecule has 2 aromatic rings. The molecule has 1 fully saturated rings. The molecule has 108 valence electrons. The van der Waals surface area contributed by atoms with E-state index in [0.29, 0.717) is 11.1 Å². The Morgan fingerprint density at radius 2 is 2.05 bits per heavy atom. The maximum absolute atomic E-state index is 12.4. The van der Waals surface area contributed by atoms with E-state index in [1.54, 1.807) is 12.3 Å². The molecule has 1 aliphatic heterocycles. The number of benzene rings is 1. The van der Waals surface area contributed by atoms with Crippen LogP contribution in [0.3, 0.4) is 0 Å². The van der Waals surface area contributed by atoms with Crippen LogP contribution in [0.25, 0.3) is 0 Å². The second-order valence-electron chi connectivity index (χ2n) is 5.79. The Hall–Kier alpha value is -1.81. The van der Waals surface area contributed by atoms with Crippen molar-refractivity contribution in [3.05, 3.63) is 46.7 Å². The first kappa shape index (κ1) is 12.9. The van der Waals surface area contributed by atoms with Gasteiger partial charge in [0, 0.05) is 16.9 Å². The molecule has 1 N–H and O–H groups in total. The third kappa shape index (κ3) is 2.05. The van der Waals surface area contributed by atoms with Gasteiger partial charge in [-0.15, -0.1) is 0 Å². The Morgan fingerprint density at radius 1 is 1.24 bits per heavy atom. The molecule has 1 saturated carbocycles. The highest BCUT2D eigenvalue weighted by atomic mass is 35.5. The molecule has 1 atom stereocenters. The van der Waals surface area contributed by atoms with Crippen molar-refractivity contribution < 1.29 is 4.79 Å². The van der Waals surface area contributed by atoms with Gasteiger partial charge in [-0.2, -0.15) is 5.10 Å². The third-order valence-corrected chi connectivity index (χ3v) is 4.75. The minimum atomic E-state index is -0.304. The number of amides is 1. The molecule has 1 amide bonds. The summed E-state index contributed by atoms with van der Waals surface area (Å²) in [5.74, 6) is -0.297. The monoisotopic (exact) mass is 301 g/mol. The number of nitrogens with one attached hydrogen (secondary N) is 1. The third-order valence-electron chi connectivity index (χ3n) is 4.51. The van der Waals surface area contributed by atoms with Gasteiger partial charge in [0.2, 0.25) is 5.91 Å². The van der Waals surface area contributed by atoms with Gasteiger partial charge in [0.1, 0.15) is 5.92 Å². The van der Waals surface area contributed by atoms with E-state index in [0.717, 1.165) is 29.8 Å². The highest BCUT2D eigenvalue weighted by molar-refractivity contribution is 6.31. The number of carbonyl (C=O) groups is 1. The summed E-state index contributed by atoms with van der Waals surface area (Å²) in [5, 5.41) is 8.07. The van der Waals surface area contributed by atoms with Crippen molar-refractivity contribution in [1.29, 1.82) is 0 Å². The number of anilines is 1. The molecule has 0 bridgehead atoms. The van der Waals surface area contributed by atoms with Crippen LogP contribution in [0.1, 0.15) is 48.9 Å². The van der Waals surface area contributed by atoms with Crippen LogP contribution in [0.15, 0.2) is 30.5 Å². The zero-order valence-electron chi connectivity index (χ0n) is 11.6. The largest absolute Gasteiger partial charge is 0.325 e. The van der Waals surface area contributed by atoms with Crippen LogP contribution in [-0.4, -0.2) is 15.7 Å². The first-order valence-corrected chi connectivity index (χ1v) is 7.75. The van der Waals surface area contributed by atoms with Crippen molar-refractivity contribution in [1.82, 2.24) is 9.78 Å². The average molecular weight is 302 g/mol. The molecule has 0 radical (unpaired) electrons. The Balaban J connectivity index is 1.79. The van der Waals surface area contributed by atoms with Crippen molar-refractivity contribution in [2.45, 2.75) is 37.6 Å². The molecular formula is C16H16ClN3O. The summed E-state index contributed by atoms with van der Waals surface area (Å²) in [4.78, 5) is 12.4. The smallest absolute Gasteiger partial charge is 0.238 e. The molecule has 1 aromatic heterocycles. The van der Waals surface area contributed by atoms with Crippen LogP contribution >= 0.6 is 11.6 Å². The van der Waals surface area contributed by atoms with Crippen molar-refractivity contribution in [3.63, 3.8) is 0 Å². The van der Waals surface area contributed by atoms with Gasteiger partial charge in [-0.25, -0.2) is 0 Å². The van der Waals surface area contributed by atoms with Gasteiger partial charge in [0.25, 0.3) is 0 Å². The maximum atomic E-state index is 12.4. The second-order valence-corrected chi connectivity index (χ2v) is 6.23. The average Bonchev–Trinajstić information content (AvgIpc) is 3.15. The highest BCUT2D eigenvalue weighted by Crippen LogP contribution is 2.40. The van der Waals surface area contributed by atoms with Crippen LogP contribution in [0.2, 0.25) is 5.02 Å². The number of carbonyl (C=O) groups excluding carboxylic acids is 1. The van der Waals surface area contributed by atoms with Crippen molar-refractivity contribution in [2.75, 3.05) is 5.32 Å². The molecule has 0 spiro atoms. The van der Waals surface area contributed by atoms with E-state index in [2.05, 4.69) is 10.4 Å². The highest BCUT2D eigenvalue weighted by Gasteiger charge is 2.35. The Morgan fingerprint density at radius 3 is 2.86 bits per heavy atom. The molecule has 1 aromatic carbocycles. The quantitative estimate of drug-likeness (QED) is 0.918. The fourth-order valence-electron chi connectivity index (χ4n) is 3.53. The molecule has 2 heterocycles. The number of rotatable bonds is 2. The van der Waals surface area contributed by atoms with Crippen LogP contribution in [-0.2, 0) is 4.79 Å². The first-order valence-electron chi connectivity index (χ1n) is 7.38. The van der Waals surface area contributed by atoms with Crippen LogP contribution in [0.5, 0.6) is 0 Å². The predicted octanol–water partition coefficient (Wildman–Crippen LogP) is 3.74. The fraction of sp³-hybridized carbons (Fsp3) is 0.375. The van der Waals surface area contributed by atoms with Crippen LogP contribution in [0, 0.1) is 0 Å². The van der Waals surface area contributed by atoms with E-state index in [1.807, 2.05) is 22.9 Å². The van der Waals surface area contributed by atoms with Crippen molar-refractivity contribution in [3.8, 4) is 0 Å². The summed E-state index contributed by atoms with van der Waals surface area (Å²) in [5.41, 5.74) is 2.78. The minimum absolute atomic E-state index is 0.00649. The van der Waals surface area contributed by atoms with E-state index >= 15 is 0 Å². The summed E-state index contributed by atoms with van der Waals surface area (Å²) < 4.78 is 2.05. The summed E-state index contributed by atoms with van der Waals surface area (Å²) in [6.07, 6.45) is 6.56. The van der Waals surface area contributed by atoms with E-state index in [9.17, 15) is 4.79 Å². The van der Waals surface area contributed by atoms with Gasteiger partial charge in [-0.1, -0.05) is 24.4 Å². The van der Waals surface area contributed by atoms with Crippen LogP contribution < -0.4 is 5.32 Å². The molecule has 0 saturated heterocycles. The van der Waals surface area contributed by atoms with E-state index in [1.165, 1.54) is 12.8 Å². The Bertz CT molecular complexity index is 703. The summed E-state index contributed by atoms with van der Waals surface area (Å²) in [6.45, 7) is 0. The Kier molecular flexibility index (Phi) is 3.00. The molecule has 1 unspecified atom stereocenters. The lowest BCUT2D eigenvalue weighted by Crippen LogP contribution is -2.19. The van der Waals surface area contributed by atoms with Gasteiger partial charge in [0.15, 0.2) is 0 Å². The summed E-state index contributed by atoms with van der Waals surface area (Å²) >= 11 is 6.10. The molecular weight excluding hydrogens is 286 g/mol. The van der Waals surface area contributed by atoms with E-state index in [4.69, 9.17) is 11.6 Å². The summed E-state index contributed by atoms with van der Waals surface area (Å²) in [7, 11) is 0. The zero-order valence-corrected chi connectivity index (χ0v) is 12.3. The van der Waals surface area contributed by atoms with Gasteiger partial charge in [-0.3, -0.25) is 9.48 Å². The fourth-order valence-corrected chi connectivity index (χ4v) is 3.71. The van der Waals surface area contributed by atoms with Crippen molar-refractivity contribution in [2.24, 2.45) is 0 Å².